The maximum atomic E-state index is 12.3. The number of amides is 1. The van der Waals surface area contributed by atoms with Crippen molar-refractivity contribution in [2.75, 3.05) is 27.2 Å². The summed E-state index contributed by atoms with van der Waals surface area (Å²) in [5.41, 5.74) is 2.02. The minimum absolute atomic E-state index is 0.0624. The molecule has 0 saturated heterocycles. The lowest BCUT2D eigenvalue weighted by molar-refractivity contribution is -0.890. The van der Waals surface area contributed by atoms with E-state index in [0.717, 1.165) is 11.1 Å². The fourth-order valence-electron chi connectivity index (χ4n) is 2.81. The van der Waals surface area contributed by atoms with Gasteiger partial charge in [0.25, 0.3) is 0 Å². The fraction of sp³-hybridized carbons (Fsp3) is 0.350. The summed E-state index contributed by atoms with van der Waals surface area (Å²) in [5.74, 6) is -0.177. The Hall–Kier alpha value is -2.22. The molecule has 0 fully saturated rings. The van der Waals surface area contributed by atoms with Crippen LogP contribution in [0.2, 0.25) is 0 Å². The molecule has 6 nitrogen and oxygen atoms in total. The highest BCUT2D eigenvalue weighted by molar-refractivity contribution is 7.89. The molecule has 2 aromatic rings. The van der Waals surface area contributed by atoms with E-state index < -0.39 is 10.0 Å². The van der Waals surface area contributed by atoms with Crippen LogP contribution in [0.4, 0.5) is 0 Å². The van der Waals surface area contributed by atoms with Crippen LogP contribution in [-0.2, 0) is 14.8 Å². The SMILES string of the molecule is Cc1cccc(S(=O)(=O)NCCC(=O)NC[C@@H](c2ccccc2)[NH+](C)C)c1. The molecule has 0 spiro atoms. The van der Waals surface area contributed by atoms with Gasteiger partial charge in [0, 0.05) is 18.5 Å². The normalized spacial score (nSPS) is 12.7. The first kappa shape index (κ1) is 21.1. The van der Waals surface area contributed by atoms with Gasteiger partial charge in [-0.25, -0.2) is 13.1 Å². The quantitative estimate of drug-likeness (QED) is 0.589. The van der Waals surface area contributed by atoms with Crippen molar-refractivity contribution in [3.63, 3.8) is 0 Å². The third-order valence-corrected chi connectivity index (χ3v) is 5.80. The molecule has 2 rings (SSSR count). The summed E-state index contributed by atoms with van der Waals surface area (Å²) in [7, 11) is 0.483. The summed E-state index contributed by atoms with van der Waals surface area (Å²) in [6.07, 6.45) is 0.0926. The Bertz CT molecular complexity index is 852. The number of carbonyl (C=O) groups excluding carboxylic acids is 1. The molecule has 0 radical (unpaired) electrons. The molecule has 27 heavy (non-hydrogen) atoms. The van der Waals surface area contributed by atoms with Crippen LogP contribution in [0.25, 0.3) is 0 Å². The first-order valence-corrected chi connectivity index (χ1v) is 10.5. The highest BCUT2D eigenvalue weighted by Crippen LogP contribution is 2.10. The van der Waals surface area contributed by atoms with E-state index >= 15 is 0 Å². The van der Waals surface area contributed by atoms with Gasteiger partial charge in [-0.1, -0.05) is 42.5 Å². The summed E-state index contributed by atoms with van der Waals surface area (Å²) < 4.78 is 27.0. The van der Waals surface area contributed by atoms with Crippen molar-refractivity contribution in [1.82, 2.24) is 10.0 Å². The van der Waals surface area contributed by atoms with Crippen LogP contribution in [0.15, 0.2) is 59.5 Å². The van der Waals surface area contributed by atoms with Crippen LogP contribution in [0.5, 0.6) is 0 Å². The summed E-state index contributed by atoms with van der Waals surface area (Å²) in [4.78, 5) is 13.5. The van der Waals surface area contributed by atoms with Gasteiger partial charge < -0.3 is 10.2 Å². The van der Waals surface area contributed by atoms with Crippen molar-refractivity contribution >= 4 is 15.9 Å². The maximum absolute atomic E-state index is 12.3. The number of nitrogens with one attached hydrogen (secondary N) is 3. The molecular weight excluding hydrogens is 362 g/mol. The third-order valence-electron chi connectivity index (χ3n) is 4.35. The van der Waals surface area contributed by atoms with Gasteiger partial charge in [-0.2, -0.15) is 0 Å². The van der Waals surface area contributed by atoms with E-state index in [-0.39, 0.29) is 29.8 Å². The van der Waals surface area contributed by atoms with Crippen molar-refractivity contribution < 1.29 is 18.1 Å². The molecule has 0 saturated carbocycles. The Balaban J connectivity index is 1.83. The lowest BCUT2D eigenvalue weighted by Gasteiger charge is -2.22. The van der Waals surface area contributed by atoms with E-state index in [1.54, 1.807) is 18.2 Å². The minimum atomic E-state index is -3.60. The monoisotopic (exact) mass is 390 g/mol. The van der Waals surface area contributed by atoms with Gasteiger partial charge in [0.15, 0.2) is 0 Å². The predicted octanol–water partition coefficient (Wildman–Crippen LogP) is 0.665. The molecule has 146 valence electrons. The van der Waals surface area contributed by atoms with Crippen LogP contribution in [0.1, 0.15) is 23.6 Å². The molecule has 0 aliphatic carbocycles. The fourth-order valence-corrected chi connectivity index (χ4v) is 3.95. The molecule has 0 aromatic heterocycles. The zero-order chi connectivity index (χ0) is 19.9. The van der Waals surface area contributed by atoms with Crippen molar-refractivity contribution in [2.24, 2.45) is 0 Å². The van der Waals surface area contributed by atoms with Gasteiger partial charge >= 0.3 is 0 Å². The molecule has 1 amide bonds. The Labute approximate surface area is 161 Å². The predicted molar refractivity (Wildman–Crippen MR) is 106 cm³/mol. The van der Waals surface area contributed by atoms with Crippen molar-refractivity contribution in [2.45, 2.75) is 24.3 Å². The number of carbonyl (C=O) groups is 1. The van der Waals surface area contributed by atoms with Crippen LogP contribution in [0.3, 0.4) is 0 Å². The zero-order valence-corrected chi connectivity index (χ0v) is 16.8. The number of benzene rings is 2. The second kappa shape index (κ2) is 9.64. The minimum Gasteiger partial charge on any atom is -0.350 e. The number of quaternary nitrogens is 1. The Morgan fingerprint density at radius 2 is 1.78 bits per heavy atom. The first-order chi connectivity index (χ1) is 12.8. The summed E-state index contributed by atoms with van der Waals surface area (Å²) in [5, 5.41) is 2.90. The average molecular weight is 391 g/mol. The Morgan fingerprint density at radius 3 is 2.41 bits per heavy atom. The van der Waals surface area contributed by atoms with E-state index in [2.05, 4.69) is 10.0 Å². The summed E-state index contributed by atoms with van der Waals surface area (Å²) in [6, 6.07) is 16.8. The van der Waals surface area contributed by atoms with Gasteiger partial charge in [0.2, 0.25) is 15.9 Å². The van der Waals surface area contributed by atoms with Crippen LogP contribution in [-0.4, -0.2) is 41.5 Å². The molecule has 0 aliphatic rings. The first-order valence-electron chi connectivity index (χ1n) is 8.97. The lowest BCUT2D eigenvalue weighted by Crippen LogP contribution is -3.07. The number of sulfonamides is 1. The van der Waals surface area contributed by atoms with Crippen molar-refractivity contribution in [3.8, 4) is 0 Å². The molecule has 0 bridgehead atoms. The van der Waals surface area contributed by atoms with Gasteiger partial charge in [0.1, 0.15) is 6.04 Å². The van der Waals surface area contributed by atoms with Crippen molar-refractivity contribution in [3.05, 3.63) is 65.7 Å². The number of hydrogen-bond donors (Lipinski definition) is 3. The number of likely N-dealkylation sites (N-methyl/N-ethyl adjacent to an activating group) is 1. The highest BCUT2D eigenvalue weighted by atomic mass is 32.2. The summed E-state index contributed by atoms with van der Waals surface area (Å²) >= 11 is 0. The standard InChI is InChI=1S/C20H27N3O3S/c1-16-8-7-11-18(14-16)27(25,26)22-13-12-20(24)21-15-19(23(2)3)17-9-5-4-6-10-17/h4-11,14,19,22H,12-13,15H2,1-3H3,(H,21,24)/p+1/t19-/m0/s1. The van der Waals surface area contributed by atoms with Gasteiger partial charge in [-0.15, -0.1) is 0 Å². The molecule has 7 heteroatoms. The molecule has 2 aromatic carbocycles. The molecule has 0 heterocycles. The van der Waals surface area contributed by atoms with E-state index in [1.165, 1.54) is 4.90 Å². The maximum Gasteiger partial charge on any atom is 0.240 e. The molecule has 3 N–H and O–H groups in total. The van der Waals surface area contributed by atoms with E-state index in [4.69, 9.17) is 0 Å². The molecule has 0 aliphatic heterocycles. The Morgan fingerprint density at radius 1 is 1.07 bits per heavy atom. The lowest BCUT2D eigenvalue weighted by atomic mass is 10.1. The van der Waals surface area contributed by atoms with Gasteiger partial charge in [-0.3, -0.25) is 4.79 Å². The second-order valence-corrected chi connectivity index (χ2v) is 8.58. The highest BCUT2D eigenvalue weighted by Gasteiger charge is 2.19. The van der Waals surface area contributed by atoms with Crippen LogP contribution < -0.4 is 14.9 Å². The van der Waals surface area contributed by atoms with E-state index in [9.17, 15) is 13.2 Å². The third kappa shape index (κ3) is 6.46. The van der Waals surface area contributed by atoms with Gasteiger partial charge in [0.05, 0.1) is 25.5 Å². The average Bonchev–Trinajstić information content (AvgIpc) is 2.62. The van der Waals surface area contributed by atoms with E-state index in [1.807, 2.05) is 57.4 Å². The Kier molecular flexibility index (Phi) is 7.53. The molecule has 1 atom stereocenters. The van der Waals surface area contributed by atoms with Crippen molar-refractivity contribution in [1.29, 1.82) is 0 Å². The zero-order valence-electron chi connectivity index (χ0n) is 16.0. The second-order valence-electron chi connectivity index (χ2n) is 6.81. The number of rotatable bonds is 9. The topological polar surface area (TPSA) is 79.7 Å². The van der Waals surface area contributed by atoms with Gasteiger partial charge in [-0.05, 0) is 24.6 Å². The number of aryl methyl sites for hydroxylation is 1. The van der Waals surface area contributed by atoms with Crippen LogP contribution in [0, 0.1) is 6.92 Å². The van der Waals surface area contributed by atoms with Crippen LogP contribution >= 0.6 is 0 Å². The van der Waals surface area contributed by atoms with E-state index in [0.29, 0.717) is 6.54 Å². The molecular formula is C20H28N3O3S+. The number of hydrogen-bond acceptors (Lipinski definition) is 3. The largest absolute Gasteiger partial charge is 0.350 e. The summed E-state index contributed by atoms with van der Waals surface area (Å²) in [6.45, 7) is 2.39. The smallest absolute Gasteiger partial charge is 0.240 e. The molecule has 0 unspecified atom stereocenters.